The Hall–Kier alpha value is -0.600. The second-order valence-electron chi connectivity index (χ2n) is 5.40. The lowest BCUT2D eigenvalue weighted by atomic mass is 9.83. The van der Waals surface area contributed by atoms with Crippen LogP contribution in [0.15, 0.2) is 18.2 Å². The SMILES string of the molecule is CCC1(CNCc2ccc(F)cc2Cl)CCCC1. The smallest absolute Gasteiger partial charge is 0.124 e. The zero-order valence-corrected chi connectivity index (χ0v) is 11.7. The minimum absolute atomic E-state index is 0.274. The van der Waals surface area contributed by atoms with Crippen molar-refractivity contribution in [1.82, 2.24) is 5.32 Å². The highest BCUT2D eigenvalue weighted by Gasteiger charge is 2.31. The van der Waals surface area contributed by atoms with Crippen LogP contribution in [0, 0.1) is 11.2 Å². The van der Waals surface area contributed by atoms with Crippen molar-refractivity contribution in [2.45, 2.75) is 45.6 Å². The van der Waals surface area contributed by atoms with Gasteiger partial charge in [0.1, 0.15) is 5.82 Å². The van der Waals surface area contributed by atoms with E-state index in [0.717, 1.165) is 18.7 Å². The summed E-state index contributed by atoms with van der Waals surface area (Å²) in [6.07, 6.45) is 6.60. The molecule has 1 aromatic carbocycles. The van der Waals surface area contributed by atoms with Crippen molar-refractivity contribution < 1.29 is 4.39 Å². The lowest BCUT2D eigenvalue weighted by Crippen LogP contribution is -2.31. The molecule has 1 fully saturated rings. The lowest BCUT2D eigenvalue weighted by molar-refractivity contribution is 0.268. The lowest BCUT2D eigenvalue weighted by Gasteiger charge is -2.27. The van der Waals surface area contributed by atoms with Gasteiger partial charge >= 0.3 is 0 Å². The van der Waals surface area contributed by atoms with Crippen molar-refractivity contribution in [3.63, 3.8) is 0 Å². The molecule has 1 saturated carbocycles. The van der Waals surface area contributed by atoms with E-state index in [4.69, 9.17) is 11.6 Å². The Morgan fingerprint density at radius 1 is 1.33 bits per heavy atom. The Kier molecular flexibility index (Phi) is 4.63. The molecule has 1 aromatic rings. The molecule has 0 unspecified atom stereocenters. The van der Waals surface area contributed by atoms with Gasteiger partial charge in [0.2, 0.25) is 0 Å². The molecular weight excluding hydrogens is 249 g/mol. The first-order valence-electron chi connectivity index (χ1n) is 6.80. The number of halogens is 2. The van der Waals surface area contributed by atoms with Crippen LogP contribution in [0.4, 0.5) is 4.39 Å². The largest absolute Gasteiger partial charge is 0.312 e. The fourth-order valence-electron chi connectivity index (χ4n) is 2.91. The summed E-state index contributed by atoms with van der Waals surface area (Å²) < 4.78 is 12.9. The van der Waals surface area contributed by atoms with Crippen LogP contribution in [-0.2, 0) is 6.54 Å². The molecular formula is C15H21ClFN. The Morgan fingerprint density at radius 2 is 2.06 bits per heavy atom. The number of hydrogen-bond donors (Lipinski definition) is 1. The first kappa shape index (κ1) is 13.8. The van der Waals surface area contributed by atoms with Gasteiger partial charge in [-0.05, 0) is 42.4 Å². The van der Waals surface area contributed by atoms with Crippen molar-refractivity contribution in [2.75, 3.05) is 6.54 Å². The fourth-order valence-corrected chi connectivity index (χ4v) is 3.14. The van der Waals surface area contributed by atoms with Crippen LogP contribution in [0.3, 0.4) is 0 Å². The summed E-state index contributed by atoms with van der Waals surface area (Å²) in [7, 11) is 0. The van der Waals surface area contributed by atoms with E-state index in [-0.39, 0.29) is 5.82 Å². The second kappa shape index (κ2) is 6.03. The molecule has 0 aromatic heterocycles. The molecule has 2 rings (SSSR count). The van der Waals surface area contributed by atoms with Gasteiger partial charge in [-0.1, -0.05) is 37.4 Å². The molecule has 0 heterocycles. The van der Waals surface area contributed by atoms with Crippen molar-refractivity contribution >= 4 is 11.6 Å². The van der Waals surface area contributed by atoms with Gasteiger partial charge in [0.15, 0.2) is 0 Å². The molecule has 0 saturated heterocycles. The van der Waals surface area contributed by atoms with Gasteiger partial charge in [-0.15, -0.1) is 0 Å². The van der Waals surface area contributed by atoms with Crippen LogP contribution in [0.5, 0.6) is 0 Å². The van der Waals surface area contributed by atoms with Crippen molar-refractivity contribution in [2.24, 2.45) is 5.41 Å². The average Bonchev–Trinajstić information content (AvgIpc) is 2.81. The van der Waals surface area contributed by atoms with E-state index >= 15 is 0 Å². The summed E-state index contributed by atoms with van der Waals surface area (Å²) in [6.45, 7) is 4.04. The van der Waals surface area contributed by atoms with Crippen LogP contribution in [0.1, 0.15) is 44.6 Å². The van der Waals surface area contributed by atoms with Gasteiger partial charge < -0.3 is 5.32 Å². The van der Waals surface area contributed by atoms with E-state index in [2.05, 4.69) is 12.2 Å². The third-order valence-electron chi connectivity index (χ3n) is 4.24. The van der Waals surface area contributed by atoms with Crippen LogP contribution < -0.4 is 5.32 Å². The third-order valence-corrected chi connectivity index (χ3v) is 4.60. The normalized spacial score (nSPS) is 18.2. The highest BCUT2D eigenvalue weighted by atomic mass is 35.5. The summed E-state index contributed by atoms with van der Waals surface area (Å²) in [4.78, 5) is 0. The van der Waals surface area contributed by atoms with Crippen molar-refractivity contribution in [3.8, 4) is 0 Å². The van der Waals surface area contributed by atoms with Crippen molar-refractivity contribution in [1.29, 1.82) is 0 Å². The molecule has 100 valence electrons. The van der Waals surface area contributed by atoms with E-state index in [1.807, 2.05) is 0 Å². The predicted octanol–water partition coefficient (Wildman–Crippen LogP) is 4.54. The van der Waals surface area contributed by atoms with Gasteiger partial charge in [-0.25, -0.2) is 4.39 Å². The maximum Gasteiger partial charge on any atom is 0.124 e. The molecule has 18 heavy (non-hydrogen) atoms. The summed E-state index contributed by atoms with van der Waals surface area (Å²) in [5.74, 6) is -0.274. The summed E-state index contributed by atoms with van der Waals surface area (Å²) in [5.41, 5.74) is 1.45. The maximum absolute atomic E-state index is 12.9. The first-order chi connectivity index (χ1) is 8.65. The van der Waals surface area contributed by atoms with E-state index in [0.29, 0.717) is 10.4 Å². The van der Waals surface area contributed by atoms with Gasteiger partial charge in [-0.3, -0.25) is 0 Å². The molecule has 0 radical (unpaired) electrons. The highest BCUT2D eigenvalue weighted by Crippen LogP contribution is 2.40. The topological polar surface area (TPSA) is 12.0 Å². The number of nitrogens with one attached hydrogen (secondary N) is 1. The Labute approximate surface area is 114 Å². The zero-order chi connectivity index (χ0) is 13.0. The minimum atomic E-state index is -0.274. The van der Waals surface area contributed by atoms with Crippen LogP contribution in [-0.4, -0.2) is 6.54 Å². The number of benzene rings is 1. The van der Waals surface area contributed by atoms with Gasteiger partial charge in [0.05, 0.1) is 0 Å². The summed E-state index contributed by atoms with van der Waals surface area (Å²) in [6, 6.07) is 4.61. The molecule has 0 amide bonds. The number of hydrogen-bond acceptors (Lipinski definition) is 1. The molecule has 1 aliphatic carbocycles. The van der Waals surface area contributed by atoms with Crippen LogP contribution in [0.25, 0.3) is 0 Å². The second-order valence-corrected chi connectivity index (χ2v) is 5.81. The third kappa shape index (κ3) is 3.24. The van der Waals surface area contributed by atoms with E-state index in [1.54, 1.807) is 6.07 Å². The molecule has 0 spiro atoms. The highest BCUT2D eigenvalue weighted by molar-refractivity contribution is 6.31. The predicted molar refractivity (Wildman–Crippen MR) is 74.3 cm³/mol. The van der Waals surface area contributed by atoms with Crippen LogP contribution >= 0.6 is 11.6 Å². The van der Waals surface area contributed by atoms with E-state index in [9.17, 15) is 4.39 Å². The van der Waals surface area contributed by atoms with E-state index < -0.39 is 0 Å². The molecule has 1 aliphatic rings. The minimum Gasteiger partial charge on any atom is -0.312 e. The molecule has 0 aliphatic heterocycles. The van der Waals surface area contributed by atoms with Gasteiger partial charge in [-0.2, -0.15) is 0 Å². The Morgan fingerprint density at radius 3 is 2.67 bits per heavy atom. The van der Waals surface area contributed by atoms with Gasteiger partial charge in [0, 0.05) is 18.1 Å². The molecule has 1 nitrogen and oxygen atoms in total. The van der Waals surface area contributed by atoms with Crippen molar-refractivity contribution in [3.05, 3.63) is 34.6 Å². The molecule has 1 N–H and O–H groups in total. The Bertz CT molecular complexity index is 399. The Balaban J connectivity index is 1.88. The molecule has 3 heteroatoms. The summed E-state index contributed by atoms with van der Waals surface area (Å²) >= 11 is 6.01. The maximum atomic E-state index is 12.9. The monoisotopic (exact) mass is 269 g/mol. The fraction of sp³-hybridized carbons (Fsp3) is 0.600. The van der Waals surface area contributed by atoms with Crippen LogP contribution in [0.2, 0.25) is 5.02 Å². The summed E-state index contributed by atoms with van der Waals surface area (Å²) in [5, 5.41) is 4.00. The van der Waals surface area contributed by atoms with E-state index in [1.165, 1.54) is 44.2 Å². The zero-order valence-electron chi connectivity index (χ0n) is 10.9. The average molecular weight is 270 g/mol. The molecule has 0 bridgehead atoms. The standard InChI is InChI=1S/C15H21ClFN/c1-2-15(7-3-4-8-15)11-18-10-12-5-6-13(17)9-14(12)16/h5-6,9,18H,2-4,7-8,10-11H2,1H3. The number of rotatable bonds is 5. The molecule has 0 atom stereocenters. The van der Waals surface area contributed by atoms with Gasteiger partial charge in [0.25, 0.3) is 0 Å². The first-order valence-corrected chi connectivity index (χ1v) is 7.18. The quantitative estimate of drug-likeness (QED) is 0.828.